The molecule has 0 fully saturated rings. The van der Waals surface area contributed by atoms with Crippen LogP contribution in [0.15, 0.2) is 0 Å². The van der Waals surface area contributed by atoms with E-state index in [-0.39, 0.29) is 0 Å². The fourth-order valence-electron chi connectivity index (χ4n) is 0.940. The Morgan fingerprint density at radius 3 is 1.77 bits per heavy atom. The van der Waals surface area contributed by atoms with Crippen LogP contribution in [-0.2, 0) is 12.5 Å². The standard InChI is InChI=1S/C8H18INO3/c1-11-6-3-10(4-7-12-2)5-8-13-9/h3-8H2,1-2H3. The molecule has 0 unspecified atom stereocenters. The van der Waals surface area contributed by atoms with Gasteiger partial charge in [0.05, 0.1) is 19.8 Å². The van der Waals surface area contributed by atoms with Gasteiger partial charge in [-0.3, -0.25) is 4.90 Å². The summed E-state index contributed by atoms with van der Waals surface area (Å²) in [5.41, 5.74) is 0. The largest absolute Gasteiger partial charge is 0.383 e. The number of rotatable bonds is 9. The van der Waals surface area contributed by atoms with E-state index in [1.807, 2.05) is 23.0 Å². The van der Waals surface area contributed by atoms with Crippen molar-refractivity contribution < 1.29 is 12.5 Å². The predicted octanol–water partition coefficient (Wildman–Crippen LogP) is 0.948. The molecule has 0 aliphatic heterocycles. The summed E-state index contributed by atoms with van der Waals surface area (Å²) in [6.45, 7) is 5.04. The van der Waals surface area contributed by atoms with Crippen molar-refractivity contribution in [2.24, 2.45) is 0 Å². The van der Waals surface area contributed by atoms with Crippen molar-refractivity contribution in [2.45, 2.75) is 0 Å². The third-order valence-electron chi connectivity index (χ3n) is 1.71. The zero-order chi connectivity index (χ0) is 9.94. The van der Waals surface area contributed by atoms with Crippen LogP contribution in [0.2, 0.25) is 0 Å². The Hall–Kier alpha value is 0.570. The van der Waals surface area contributed by atoms with Crippen molar-refractivity contribution in [1.82, 2.24) is 4.90 Å². The summed E-state index contributed by atoms with van der Waals surface area (Å²) >= 11 is 1.91. The molecule has 0 bridgehead atoms. The quantitative estimate of drug-likeness (QED) is 0.593. The lowest BCUT2D eigenvalue weighted by Gasteiger charge is -2.20. The maximum atomic E-state index is 5.01. The fraction of sp³-hybridized carbons (Fsp3) is 1.00. The molecule has 0 aromatic carbocycles. The van der Waals surface area contributed by atoms with Crippen molar-refractivity contribution in [3.05, 3.63) is 0 Å². The molecule has 0 heterocycles. The molecule has 0 radical (unpaired) electrons. The summed E-state index contributed by atoms with van der Waals surface area (Å²) < 4.78 is 15.0. The average molecular weight is 303 g/mol. The number of ether oxygens (including phenoxy) is 2. The van der Waals surface area contributed by atoms with Gasteiger partial charge in [-0.2, -0.15) is 0 Å². The van der Waals surface area contributed by atoms with E-state index < -0.39 is 0 Å². The molecule has 0 aliphatic carbocycles. The van der Waals surface area contributed by atoms with Crippen LogP contribution >= 0.6 is 23.0 Å². The van der Waals surface area contributed by atoms with E-state index in [1.54, 1.807) is 14.2 Å². The monoisotopic (exact) mass is 303 g/mol. The zero-order valence-corrected chi connectivity index (χ0v) is 10.5. The van der Waals surface area contributed by atoms with Crippen LogP contribution in [0.25, 0.3) is 0 Å². The minimum Gasteiger partial charge on any atom is -0.383 e. The first-order valence-electron chi connectivity index (χ1n) is 4.29. The number of halogens is 1. The highest BCUT2D eigenvalue weighted by Gasteiger charge is 2.03. The molecule has 0 aromatic rings. The first-order chi connectivity index (χ1) is 6.35. The molecule has 0 aromatic heterocycles. The molecular weight excluding hydrogens is 285 g/mol. The molecule has 0 saturated heterocycles. The van der Waals surface area contributed by atoms with Crippen LogP contribution < -0.4 is 0 Å². The minimum atomic E-state index is 0.744. The van der Waals surface area contributed by atoms with Gasteiger partial charge in [-0.05, 0) is 0 Å². The van der Waals surface area contributed by atoms with Crippen LogP contribution in [0.3, 0.4) is 0 Å². The number of hydrogen-bond acceptors (Lipinski definition) is 4. The van der Waals surface area contributed by atoms with E-state index in [0.29, 0.717) is 0 Å². The van der Waals surface area contributed by atoms with Gasteiger partial charge in [0.1, 0.15) is 23.0 Å². The summed E-state index contributed by atoms with van der Waals surface area (Å²) in [4.78, 5) is 2.26. The predicted molar refractivity (Wildman–Crippen MR) is 60.2 cm³/mol. The molecule has 0 aliphatic rings. The van der Waals surface area contributed by atoms with Gasteiger partial charge in [0.25, 0.3) is 0 Å². The molecule has 0 saturated carbocycles. The van der Waals surface area contributed by atoms with Crippen LogP contribution in [0.5, 0.6) is 0 Å². The summed E-state index contributed by atoms with van der Waals surface area (Å²) in [7, 11) is 3.42. The Kier molecular flexibility index (Phi) is 11.1. The van der Waals surface area contributed by atoms with Crippen LogP contribution in [-0.4, -0.2) is 58.6 Å². The molecule has 0 amide bonds. The van der Waals surface area contributed by atoms with Crippen LogP contribution in [0, 0.1) is 0 Å². The lowest BCUT2D eigenvalue weighted by Crippen LogP contribution is -2.33. The molecule has 80 valence electrons. The highest BCUT2D eigenvalue weighted by Crippen LogP contribution is 1.92. The Bertz CT molecular complexity index is 86.4. The Labute approximate surface area is 94.2 Å². The van der Waals surface area contributed by atoms with Gasteiger partial charge in [0, 0.05) is 33.9 Å². The van der Waals surface area contributed by atoms with Gasteiger partial charge in [0.2, 0.25) is 0 Å². The normalized spacial score (nSPS) is 11.1. The van der Waals surface area contributed by atoms with E-state index >= 15 is 0 Å². The zero-order valence-electron chi connectivity index (χ0n) is 8.29. The van der Waals surface area contributed by atoms with E-state index in [9.17, 15) is 0 Å². The highest BCUT2D eigenvalue weighted by atomic mass is 127. The SMILES string of the molecule is COCCN(CCOC)CCOI. The van der Waals surface area contributed by atoms with Gasteiger partial charge < -0.3 is 12.5 Å². The maximum Gasteiger partial charge on any atom is 0.109 e. The number of hydrogen-bond donors (Lipinski definition) is 0. The van der Waals surface area contributed by atoms with Gasteiger partial charge >= 0.3 is 0 Å². The van der Waals surface area contributed by atoms with Crippen molar-refractivity contribution in [1.29, 1.82) is 0 Å². The van der Waals surface area contributed by atoms with Crippen molar-refractivity contribution in [3.8, 4) is 0 Å². The molecular formula is C8H18INO3. The van der Waals surface area contributed by atoms with Gasteiger partial charge in [-0.25, -0.2) is 0 Å². The molecule has 0 rings (SSSR count). The second-order valence-electron chi connectivity index (χ2n) is 2.64. The van der Waals surface area contributed by atoms with Gasteiger partial charge in [0.15, 0.2) is 0 Å². The fourth-order valence-corrected chi connectivity index (χ4v) is 1.14. The van der Waals surface area contributed by atoms with Gasteiger partial charge in [-0.1, -0.05) is 0 Å². The molecule has 0 N–H and O–H groups in total. The summed E-state index contributed by atoms with van der Waals surface area (Å²) in [6.07, 6.45) is 0. The highest BCUT2D eigenvalue weighted by molar-refractivity contribution is 14.1. The molecule has 5 heteroatoms. The maximum absolute atomic E-state index is 5.01. The Morgan fingerprint density at radius 2 is 1.38 bits per heavy atom. The lowest BCUT2D eigenvalue weighted by molar-refractivity contribution is 0.108. The molecule has 0 spiro atoms. The van der Waals surface area contributed by atoms with Crippen molar-refractivity contribution >= 4 is 23.0 Å². The smallest absolute Gasteiger partial charge is 0.109 e. The Balaban J connectivity index is 3.47. The second-order valence-corrected chi connectivity index (χ2v) is 3.26. The number of nitrogens with zero attached hydrogens (tertiary/aromatic N) is 1. The molecule has 0 atom stereocenters. The summed E-state index contributed by atoms with van der Waals surface area (Å²) in [5, 5.41) is 0. The van der Waals surface area contributed by atoms with E-state index in [0.717, 1.165) is 39.5 Å². The van der Waals surface area contributed by atoms with E-state index in [4.69, 9.17) is 12.5 Å². The first kappa shape index (κ1) is 13.6. The lowest BCUT2D eigenvalue weighted by atomic mass is 10.4. The van der Waals surface area contributed by atoms with Crippen molar-refractivity contribution in [3.63, 3.8) is 0 Å². The summed E-state index contributed by atoms with van der Waals surface area (Å²) in [6, 6.07) is 0. The topological polar surface area (TPSA) is 30.9 Å². The molecule has 4 nitrogen and oxygen atoms in total. The van der Waals surface area contributed by atoms with Crippen LogP contribution in [0.4, 0.5) is 0 Å². The average Bonchev–Trinajstić information content (AvgIpc) is 2.17. The van der Waals surface area contributed by atoms with E-state index in [1.165, 1.54) is 0 Å². The van der Waals surface area contributed by atoms with Crippen molar-refractivity contribution in [2.75, 3.05) is 53.7 Å². The minimum absolute atomic E-state index is 0.744. The van der Waals surface area contributed by atoms with Crippen LogP contribution in [0.1, 0.15) is 0 Å². The molecule has 13 heavy (non-hydrogen) atoms. The van der Waals surface area contributed by atoms with E-state index in [2.05, 4.69) is 4.90 Å². The third kappa shape index (κ3) is 8.89. The first-order valence-corrected chi connectivity index (χ1v) is 5.17. The number of methoxy groups -OCH3 is 2. The Morgan fingerprint density at radius 1 is 0.923 bits per heavy atom. The summed E-state index contributed by atoms with van der Waals surface area (Å²) in [5.74, 6) is 0. The third-order valence-corrected chi connectivity index (χ3v) is 2.15. The van der Waals surface area contributed by atoms with Gasteiger partial charge in [-0.15, -0.1) is 0 Å². The second kappa shape index (κ2) is 10.6.